The zero-order valence-electron chi connectivity index (χ0n) is 8.12. The summed E-state index contributed by atoms with van der Waals surface area (Å²) >= 11 is 8.94. The number of hydrogen-bond acceptors (Lipinski definition) is 2. The van der Waals surface area contributed by atoms with E-state index in [0.717, 1.165) is 10.0 Å². The van der Waals surface area contributed by atoms with Gasteiger partial charge in [-0.25, -0.2) is 9.07 Å². The van der Waals surface area contributed by atoms with Gasteiger partial charge in [0, 0.05) is 0 Å². The second-order valence-corrected chi connectivity index (χ2v) is 4.55. The average Bonchev–Trinajstić information content (AvgIpc) is 2.55. The first kappa shape index (κ1) is 11.4. The van der Waals surface area contributed by atoms with E-state index in [0.29, 0.717) is 12.4 Å². The van der Waals surface area contributed by atoms with Crippen LogP contribution >= 0.6 is 27.5 Å². The summed E-state index contributed by atoms with van der Waals surface area (Å²) in [6.07, 6.45) is 1.61. The summed E-state index contributed by atoms with van der Waals surface area (Å²) < 4.78 is 15.3. The number of halogens is 3. The van der Waals surface area contributed by atoms with Gasteiger partial charge in [0.25, 0.3) is 0 Å². The fourth-order valence-corrected chi connectivity index (χ4v) is 1.81. The lowest BCUT2D eigenvalue weighted by atomic mass is 10.2. The van der Waals surface area contributed by atoms with E-state index in [1.54, 1.807) is 23.0 Å². The maximum Gasteiger partial charge on any atom is 0.141 e. The first-order valence-corrected chi connectivity index (χ1v) is 5.65. The summed E-state index contributed by atoms with van der Waals surface area (Å²) in [6.45, 7) is 0.456. The van der Waals surface area contributed by atoms with E-state index in [-0.39, 0.29) is 5.02 Å². The van der Waals surface area contributed by atoms with Crippen LogP contribution in [-0.2, 0) is 6.54 Å². The fourth-order valence-electron chi connectivity index (χ4n) is 1.31. The summed E-state index contributed by atoms with van der Waals surface area (Å²) in [4.78, 5) is 0. The van der Waals surface area contributed by atoms with Crippen LogP contribution in [0.2, 0.25) is 5.02 Å². The normalized spacial score (nSPS) is 10.7. The first-order valence-electron chi connectivity index (χ1n) is 4.48. The molecule has 0 saturated heterocycles. The molecular weight excluding hydrogens is 296 g/mol. The van der Waals surface area contributed by atoms with E-state index in [1.165, 1.54) is 6.07 Å². The topological polar surface area (TPSA) is 43.8 Å². The molecule has 1 aromatic carbocycles. The third-order valence-corrected chi connectivity index (χ3v) is 3.05. The Labute approximate surface area is 105 Å². The molecule has 0 radical (unpaired) electrons. The number of hydrogen-bond donors (Lipinski definition) is 1. The molecule has 0 aliphatic carbocycles. The SMILES string of the molecule is Nc1c(Br)cnn1Cc1ccc(F)c(Cl)c1. The van der Waals surface area contributed by atoms with E-state index < -0.39 is 5.82 Å². The number of nitrogen functional groups attached to an aromatic ring is 1. The van der Waals surface area contributed by atoms with Gasteiger partial charge in [-0.1, -0.05) is 17.7 Å². The molecule has 0 fully saturated rings. The lowest BCUT2D eigenvalue weighted by molar-refractivity contribution is 0.625. The summed E-state index contributed by atoms with van der Waals surface area (Å²) in [6, 6.07) is 4.54. The highest BCUT2D eigenvalue weighted by molar-refractivity contribution is 9.10. The predicted molar refractivity (Wildman–Crippen MR) is 64.9 cm³/mol. The molecule has 0 atom stereocenters. The molecule has 0 bridgehead atoms. The van der Waals surface area contributed by atoms with Crippen molar-refractivity contribution in [1.29, 1.82) is 0 Å². The molecule has 84 valence electrons. The highest BCUT2D eigenvalue weighted by Gasteiger charge is 2.06. The molecule has 0 spiro atoms. The molecule has 2 aromatic rings. The molecule has 0 amide bonds. The molecule has 1 heterocycles. The van der Waals surface area contributed by atoms with Crippen molar-refractivity contribution in [3.63, 3.8) is 0 Å². The van der Waals surface area contributed by atoms with Crippen LogP contribution in [0.3, 0.4) is 0 Å². The molecule has 3 nitrogen and oxygen atoms in total. The van der Waals surface area contributed by atoms with E-state index in [2.05, 4.69) is 21.0 Å². The fraction of sp³-hybridized carbons (Fsp3) is 0.100. The Hall–Kier alpha value is -1.07. The quantitative estimate of drug-likeness (QED) is 0.926. The van der Waals surface area contributed by atoms with E-state index >= 15 is 0 Å². The van der Waals surface area contributed by atoms with Gasteiger partial charge in [-0.3, -0.25) is 0 Å². The van der Waals surface area contributed by atoms with Crippen LogP contribution in [0.4, 0.5) is 10.2 Å². The minimum absolute atomic E-state index is 0.0993. The van der Waals surface area contributed by atoms with Crippen molar-refractivity contribution in [3.05, 3.63) is 45.3 Å². The van der Waals surface area contributed by atoms with Crippen molar-refractivity contribution in [1.82, 2.24) is 9.78 Å². The predicted octanol–water partition coefficient (Wildman–Crippen LogP) is 3.07. The number of nitrogens with zero attached hydrogens (tertiary/aromatic N) is 2. The summed E-state index contributed by atoms with van der Waals surface area (Å²) in [5.74, 6) is 0.0977. The molecule has 0 aliphatic rings. The van der Waals surface area contributed by atoms with Crippen LogP contribution in [-0.4, -0.2) is 9.78 Å². The minimum Gasteiger partial charge on any atom is -0.383 e. The zero-order chi connectivity index (χ0) is 11.7. The van der Waals surface area contributed by atoms with Crippen LogP contribution in [0.25, 0.3) is 0 Å². The maximum absolute atomic E-state index is 12.9. The zero-order valence-corrected chi connectivity index (χ0v) is 10.5. The van der Waals surface area contributed by atoms with Crippen LogP contribution < -0.4 is 5.73 Å². The molecule has 0 aliphatic heterocycles. The third-order valence-electron chi connectivity index (χ3n) is 2.15. The molecule has 6 heteroatoms. The Bertz CT molecular complexity index is 527. The summed E-state index contributed by atoms with van der Waals surface area (Å²) in [5, 5.41) is 4.17. The van der Waals surface area contributed by atoms with Gasteiger partial charge >= 0.3 is 0 Å². The summed E-state index contributed by atoms with van der Waals surface area (Å²) in [7, 11) is 0. The number of rotatable bonds is 2. The van der Waals surface area contributed by atoms with E-state index in [1.807, 2.05) is 0 Å². The minimum atomic E-state index is -0.431. The van der Waals surface area contributed by atoms with Gasteiger partial charge in [0.1, 0.15) is 11.6 Å². The van der Waals surface area contributed by atoms with Crippen LogP contribution in [0.5, 0.6) is 0 Å². The molecule has 1 aromatic heterocycles. The van der Waals surface area contributed by atoms with Gasteiger partial charge in [0.05, 0.1) is 22.2 Å². The standard InChI is InChI=1S/C10H8BrClFN3/c11-7-4-15-16(10(7)14)5-6-1-2-9(13)8(12)3-6/h1-4H,5,14H2. The van der Waals surface area contributed by atoms with Crippen molar-refractivity contribution < 1.29 is 4.39 Å². The first-order chi connectivity index (χ1) is 7.58. The largest absolute Gasteiger partial charge is 0.383 e. The van der Waals surface area contributed by atoms with E-state index in [9.17, 15) is 4.39 Å². The van der Waals surface area contributed by atoms with E-state index in [4.69, 9.17) is 17.3 Å². The van der Waals surface area contributed by atoms with Crippen molar-refractivity contribution >= 4 is 33.3 Å². The van der Waals surface area contributed by atoms with Gasteiger partial charge < -0.3 is 5.73 Å². The Morgan fingerprint density at radius 1 is 1.50 bits per heavy atom. The van der Waals surface area contributed by atoms with Gasteiger partial charge in [-0.15, -0.1) is 0 Å². The molecule has 0 unspecified atom stereocenters. The molecule has 16 heavy (non-hydrogen) atoms. The monoisotopic (exact) mass is 303 g/mol. The van der Waals surface area contributed by atoms with Gasteiger partial charge in [-0.05, 0) is 33.6 Å². The van der Waals surface area contributed by atoms with Crippen molar-refractivity contribution in [2.45, 2.75) is 6.54 Å². The molecule has 0 saturated carbocycles. The second kappa shape index (κ2) is 4.43. The summed E-state index contributed by atoms with van der Waals surface area (Å²) in [5.41, 5.74) is 6.61. The van der Waals surface area contributed by atoms with Crippen LogP contribution in [0.1, 0.15) is 5.56 Å². The lowest BCUT2D eigenvalue weighted by Crippen LogP contribution is -2.06. The lowest BCUT2D eigenvalue weighted by Gasteiger charge is -2.05. The highest BCUT2D eigenvalue weighted by Crippen LogP contribution is 2.21. The molecule has 2 rings (SSSR count). The van der Waals surface area contributed by atoms with Crippen molar-refractivity contribution in [3.8, 4) is 0 Å². The Balaban J connectivity index is 2.27. The van der Waals surface area contributed by atoms with Crippen LogP contribution in [0.15, 0.2) is 28.9 Å². The Morgan fingerprint density at radius 3 is 2.81 bits per heavy atom. The maximum atomic E-state index is 12.9. The second-order valence-electron chi connectivity index (χ2n) is 3.28. The van der Waals surface area contributed by atoms with Crippen molar-refractivity contribution in [2.75, 3.05) is 5.73 Å². The molecular formula is C10H8BrClFN3. The smallest absolute Gasteiger partial charge is 0.141 e. The van der Waals surface area contributed by atoms with Crippen molar-refractivity contribution in [2.24, 2.45) is 0 Å². The highest BCUT2D eigenvalue weighted by atomic mass is 79.9. The average molecular weight is 305 g/mol. The van der Waals surface area contributed by atoms with Gasteiger partial charge in [0.2, 0.25) is 0 Å². The number of aromatic nitrogens is 2. The number of benzene rings is 1. The van der Waals surface area contributed by atoms with Gasteiger partial charge in [-0.2, -0.15) is 5.10 Å². The Kier molecular flexibility index (Phi) is 3.16. The number of anilines is 1. The Morgan fingerprint density at radius 2 is 2.25 bits per heavy atom. The van der Waals surface area contributed by atoms with Gasteiger partial charge in [0.15, 0.2) is 0 Å². The number of nitrogens with two attached hydrogens (primary N) is 1. The molecule has 2 N–H and O–H groups in total. The van der Waals surface area contributed by atoms with Crippen LogP contribution in [0, 0.1) is 5.82 Å². The third kappa shape index (κ3) is 2.20.